The van der Waals surface area contributed by atoms with Gasteiger partial charge >= 0.3 is 0 Å². The zero-order chi connectivity index (χ0) is 15.6. The number of carbonyl (C=O) groups is 1. The van der Waals surface area contributed by atoms with Gasteiger partial charge in [-0.2, -0.15) is 0 Å². The summed E-state index contributed by atoms with van der Waals surface area (Å²) in [5, 5.41) is 2.90. The summed E-state index contributed by atoms with van der Waals surface area (Å²) < 4.78 is 5.36. The molecule has 0 aromatic carbocycles. The Kier molecular flexibility index (Phi) is 4.92. The molecule has 0 saturated carbocycles. The second kappa shape index (κ2) is 6.50. The van der Waals surface area contributed by atoms with Gasteiger partial charge < -0.3 is 25.7 Å². The van der Waals surface area contributed by atoms with Gasteiger partial charge in [0, 0.05) is 40.3 Å². The van der Waals surface area contributed by atoms with E-state index in [9.17, 15) is 4.79 Å². The molecule has 1 aromatic heterocycles. The quantitative estimate of drug-likeness (QED) is 0.849. The average Bonchev–Trinajstić information content (AvgIpc) is 2.76. The van der Waals surface area contributed by atoms with Gasteiger partial charge in [0.05, 0.1) is 7.11 Å². The first-order valence-electron chi connectivity index (χ1n) is 6.82. The molecule has 2 rings (SSSR count). The van der Waals surface area contributed by atoms with Crippen LogP contribution in [0.25, 0.3) is 0 Å². The van der Waals surface area contributed by atoms with Gasteiger partial charge in [0.15, 0.2) is 5.75 Å². The Labute approximate surface area is 129 Å². The van der Waals surface area contributed by atoms with Crippen molar-refractivity contribution in [2.75, 3.05) is 65.6 Å². The van der Waals surface area contributed by atoms with Crippen molar-refractivity contribution in [1.29, 1.82) is 0 Å². The highest BCUT2D eigenvalue weighted by atomic mass is 32.1. The van der Waals surface area contributed by atoms with E-state index in [1.165, 1.54) is 16.2 Å². The normalized spacial score (nSPS) is 16.8. The standard InChI is InChI=1S/C13H23N5O2S/c1-16(2)13(19)11-9(14)10(20-4)12(21-11)15-18-7-5-17(3)6-8-18/h15H,5-8,14H2,1-4H3. The van der Waals surface area contributed by atoms with Crippen LogP contribution >= 0.6 is 11.3 Å². The number of hydrogen-bond acceptors (Lipinski definition) is 7. The lowest BCUT2D eigenvalue weighted by atomic mass is 10.3. The van der Waals surface area contributed by atoms with Crippen molar-refractivity contribution in [2.24, 2.45) is 0 Å². The maximum Gasteiger partial charge on any atom is 0.265 e. The summed E-state index contributed by atoms with van der Waals surface area (Å²) >= 11 is 1.33. The van der Waals surface area contributed by atoms with Gasteiger partial charge in [0.2, 0.25) is 0 Å². The molecule has 8 heteroatoms. The second-order valence-electron chi connectivity index (χ2n) is 5.31. The molecule has 1 amide bonds. The number of nitrogens with zero attached hydrogens (tertiary/aromatic N) is 3. The number of nitrogen functional groups attached to an aromatic ring is 1. The molecular weight excluding hydrogens is 290 g/mol. The highest BCUT2D eigenvalue weighted by Crippen LogP contribution is 2.43. The van der Waals surface area contributed by atoms with Crippen molar-refractivity contribution in [2.45, 2.75) is 0 Å². The van der Waals surface area contributed by atoms with Crippen LogP contribution in [0.2, 0.25) is 0 Å². The molecule has 1 aliphatic heterocycles. The third-order valence-electron chi connectivity index (χ3n) is 3.47. The van der Waals surface area contributed by atoms with Crippen LogP contribution in [-0.4, -0.2) is 75.1 Å². The Morgan fingerprint density at radius 3 is 2.48 bits per heavy atom. The van der Waals surface area contributed by atoms with Crippen molar-refractivity contribution in [3.63, 3.8) is 0 Å². The van der Waals surface area contributed by atoms with Crippen molar-refractivity contribution in [3.05, 3.63) is 4.88 Å². The monoisotopic (exact) mass is 313 g/mol. The van der Waals surface area contributed by atoms with Gasteiger partial charge in [-0.25, -0.2) is 5.01 Å². The molecule has 0 radical (unpaired) electrons. The van der Waals surface area contributed by atoms with Crippen LogP contribution in [0.3, 0.4) is 0 Å². The molecule has 21 heavy (non-hydrogen) atoms. The molecule has 0 aliphatic carbocycles. The largest absolute Gasteiger partial charge is 0.491 e. The maximum atomic E-state index is 12.1. The number of piperazine rings is 1. The highest BCUT2D eigenvalue weighted by Gasteiger charge is 2.24. The van der Waals surface area contributed by atoms with E-state index in [-0.39, 0.29) is 5.91 Å². The van der Waals surface area contributed by atoms with Gasteiger partial charge in [0.1, 0.15) is 15.6 Å². The second-order valence-corrected chi connectivity index (χ2v) is 6.33. The summed E-state index contributed by atoms with van der Waals surface area (Å²) in [6.45, 7) is 3.82. The van der Waals surface area contributed by atoms with E-state index in [1.807, 2.05) is 0 Å². The Morgan fingerprint density at radius 1 is 1.33 bits per heavy atom. The van der Waals surface area contributed by atoms with Crippen LogP contribution in [0.1, 0.15) is 9.67 Å². The first kappa shape index (κ1) is 15.9. The molecule has 0 bridgehead atoms. The SMILES string of the molecule is COc1c(NN2CCN(C)CC2)sc(C(=O)N(C)C)c1N. The number of nitrogens with two attached hydrogens (primary N) is 1. The smallest absolute Gasteiger partial charge is 0.265 e. The van der Waals surface area contributed by atoms with Crippen molar-refractivity contribution in [3.8, 4) is 5.75 Å². The zero-order valence-corrected chi connectivity index (χ0v) is 13.8. The number of thiophene rings is 1. The molecular formula is C13H23N5O2S. The molecule has 118 valence electrons. The third-order valence-corrected chi connectivity index (χ3v) is 4.55. The van der Waals surface area contributed by atoms with Gasteiger partial charge in [-0.1, -0.05) is 0 Å². The van der Waals surface area contributed by atoms with E-state index in [1.54, 1.807) is 21.2 Å². The van der Waals surface area contributed by atoms with E-state index in [0.717, 1.165) is 31.2 Å². The lowest BCUT2D eigenvalue weighted by Gasteiger charge is -2.32. The number of hydrazine groups is 1. The van der Waals surface area contributed by atoms with Gasteiger partial charge in [0.25, 0.3) is 5.91 Å². The van der Waals surface area contributed by atoms with E-state index in [4.69, 9.17) is 10.5 Å². The van der Waals surface area contributed by atoms with Crippen LogP contribution in [0, 0.1) is 0 Å². The van der Waals surface area contributed by atoms with Crippen LogP contribution in [0.4, 0.5) is 10.7 Å². The lowest BCUT2D eigenvalue weighted by Crippen LogP contribution is -2.46. The van der Waals surface area contributed by atoms with E-state index in [2.05, 4.69) is 22.4 Å². The Balaban J connectivity index is 2.19. The van der Waals surface area contributed by atoms with Crippen LogP contribution < -0.4 is 15.9 Å². The van der Waals surface area contributed by atoms with Crippen molar-refractivity contribution in [1.82, 2.24) is 14.8 Å². The molecule has 7 nitrogen and oxygen atoms in total. The average molecular weight is 313 g/mol. The summed E-state index contributed by atoms with van der Waals surface area (Å²) in [6, 6.07) is 0. The predicted molar refractivity (Wildman–Crippen MR) is 86.0 cm³/mol. The van der Waals surface area contributed by atoms with E-state index >= 15 is 0 Å². The summed E-state index contributed by atoms with van der Waals surface area (Å²) in [7, 11) is 7.09. The van der Waals surface area contributed by atoms with Crippen LogP contribution in [0.15, 0.2) is 0 Å². The molecule has 1 aromatic rings. The minimum absolute atomic E-state index is 0.109. The summed E-state index contributed by atoms with van der Waals surface area (Å²) in [6.07, 6.45) is 0. The number of hydrogen-bond donors (Lipinski definition) is 2. The van der Waals surface area contributed by atoms with Crippen molar-refractivity contribution < 1.29 is 9.53 Å². The van der Waals surface area contributed by atoms with Gasteiger partial charge in [-0.3, -0.25) is 4.79 Å². The topological polar surface area (TPSA) is 74.1 Å². The fraction of sp³-hybridized carbons (Fsp3) is 0.615. The maximum absolute atomic E-state index is 12.1. The molecule has 1 saturated heterocycles. The Hall–Kier alpha value is -1.51. The fourth-order valence-electron chi connectivity index (χ4n) is 2.13. The Bertz CT molecular complexity index is 509. The van der Waals surface area contributed by atoms with Crippen molar-refractivity contribution >= 4 is 27.9 Å². The molecule has 1 aliphatic rings. The molecule has 3 N–H and O–H groups in total. The van der Waals surface area contributed by atoms with Gasteiger partial charge in [-0.05, 0) is 7.05 Å². The number of ether oxygens (including phenoxy) is 1. The lowest BCUT2D eigenvalue weighted by molar-refractivity contribution is 0.0833. The summed E-state index contributed by atoms with van der Waals surface area (Å²) in [4.78, 5) is 16.4. The van der Waals surface area contributed by atoms with Crippen LogP contribution in [-0.2, 0) is 0 Å². The number of carbonyl (C=O) groups excluding carboxylic acids is 1. The summed E-state index contributed by atoms with van der Waals surface area (Å²) in [5.41, 5.74) is 9.78. The summed E-state index contributed by atoms with van der Waals surface area (Å²) in [5.74, 6) is 0.436. The van der Waals surface area contributed by atoms with Crippen LogP contribution in [0.5, 0.6) is 5.75 Å². The number of nitrogens with one attached hydrogen (secondary N) is 1. The fourth-order valence-corrected chi connectivity index (χ4v) is 3.27. The number of likely N-dealkylation sites (N-methyl/N-ethyl adjacent to an activating group) is 1. The van der Waals surface area contributed by atoms with E-state index in [0.29, 0.717) is 16.3 Å². The van der Waals surface area contributed by atoms with E-state index < -0.39 is 0 Å². The molecule has 2 heterocycles. The minimum Gasteiger partial charge on any atom is -0.491 e. The first-order chi connectivity index (χ1) is 9.93. The molecule has 1 fully saturated rings. The first-order valence-corrected chi connectivity index (χ1v) is 7.63. The highest BCUT2D eigenvalue weighted by molar-refractivity contribution is 7.19. The number of anilines is 2. The number of methoxy groups -OCH3 is 1. The number of rotatable bonds is 4. The molecule has 0 atom stereocenters. The predicted octanol–water partition coefficient (Wildman–Crippen LogP) is 0.615. The number of amides is 1. The zero-order valence-electron chi connectivity index (χ0n) is 13.0. The van der Waals surface area contributed by atoms with Gasteiger partial charge in [-0.15, -0.1) is 11.3 Å². The minimum atomic E-state index is -0.109. The third kappa shape index (κ3) is 3.39. The Morgan fingerprint density at radius 2 is 1.95 bits per heavy atom. The molecule has 0 unspecified atom stereocenters. The molecule has 0 spiro atoms.